The number of hydrogen-bond acceptors (Lipinski definition) is 5. The first-order valence-electron chi connectivity index (χ1n) is 5.90. The van der Waals surface area contributed by atoms with Crippen molar-refractivity contribution in [2.24, 2.45) is 0 Å². The number of hydrogen-bond donors (Lipinski definition) is 1. The lowest BCUT2D eigenvalue weighted by Gasteiger charge is -2.23. The van der Waals surface area contributed by atoms with Gasteiger partial charge in [-0.05, 0) is 10.8 Å². The second kappa shape index (κ2) is 5.26. The molecule has 0 aromatic heterocycles. The first kappa shape index (κ1) is 14.0. The lowest BCUT2D eigenvalue weighted by molar-refractivity contribution is -0.499. The minimum absolute atomic E-state index is 0.166. The predicted molar refractivity (Wildman–Crippen MR) is 71.7 cm³/mol. The van der Waals surface area contributed by atoms with Gasteiger partial charge in [-0.3, -0.25) is 10.1 Å². The van der Waals surface area contributed by atoms with Crippen LogP contribution in [0.5, 0.6) is 0 Å². The summed E-state index contributed by atoms with van der Waals surface area (Å²) in [6.07, 6.45) is 0. The lowest BCUT2D eigenvalue weighted by Crippen LogP contribution is -2.43. The van der Waals surface area contributed by atoms with Crippen molar-refractivity contribution in [2.45, 2.75) is 5.60 Å². The van der Waals surface area contributed by atoms with E-state index in [1.165, 1.54) is 6.07 Å². The summed E-state index contributed by atoms with van der Waals surface area (Å²) in [5, 5.41) is 22.6. The molecule has 0 spiro atoms. The zero-order chi connectivity index (χ0) is 14.8. The number of aliphatic hydroxyl groups is 1. The van der Waals surface area contributed by atoms with Gasteiger partial charge in [0.15, 0.2) is 0 Å². The number of carbonyl (C=O) groups excluding carboxylic acids is 1. The van der Waals surface area contributed by atoms with Gasteiger partial charge < -0.3 is 9.84 Å². The van der Waals surface area contributed by atoms with Crippen molar-refractivity contribution in [2.75, 3.05) is 13.7 Å². The Labute approximate surface area is 114 Å². The fourth-order valence-corrected chi connectivity index (χ4v) is 2.20. The van der Waals surface area contributed by atoms with Crippen LogP contribution in [-0.4, -0.2) is 29.7 Å². The van der Waals surface area contributed by atoms with Gasteiger partial charge in [0.25, 0.3) is 5.60 Å². The molecule has 1 N–H and O–H groups in total. The molecule has 2 rings (SSSR count). The number of benzene rings is 2. The van der Waals surface area contributed by atoms with Crippen LogP contribution in [0, 0.1) is 10.1 Å². The molecule has 1 atom stereocenters. The zero-order valence-electron chi connectivity index (χ0n) is 10.8. The van der Waals surface area contributed by atoms with Crippen molar-refractivity contribution in [3.8, 4) is 0 Å². The Morgan fingerprint density at radius 3 is 2.60 bits per heavy atom. The third kappa shape index (κ3) is 2.33. The van der Waals surface area contributed by atoms with Crippen LogP contribution in [0.1, 0.15) is 5.56 Å². The Hall–Kier alpha value is -2.47. The highest BCUT2D eigenvalue weighted by atomic mass is 16.6. The van der Waals surface area contributed by atoms with E-state index in [1.807, 2.05) is 0 Å². The summed E-state index contributed by atoms with van der Waals surface area (Å²) in [6, 6.07) is 11.9. The van der Waals surface area contributed by atoms with Gasteiger partial charge in [-0.2, -0.15) is 0 Å². The second-order valence-electron chi connectivity index (χ2n) is 4.37. The molecule has 0 fully saturated rings. The van der Waals surface area contributed by atoms with E-state index in [4.69, 9.17) is 0 Å². The minimum Gasteiger partial charge on any atom is -0.466 e. The van der Waals surface area contributed by atoms with Crippen LogP contribution in [0.25, 0.3) is 10.8 Å². The maximum Gasteiger partial charge on any atom is 0.349 e. The monoisotopic (exact) mass is 275 g/mol. The number of ether oxygens (including phenoxy) is 1. The van der Waals surface area contributed by atoms with Crippen LogP contribution in [0.2, 0.25) is 0 Å². The molecule has 6 nitrogen and oxygen atoms in total. The van der Waals surface area contributed by atoms with E-state index in [1.54, 1.807) is 36.4 Å². The summed E-state index contributed by atoms with van der Waals surface area (Å²) in [5.41, 5.74) is -2.14. The van der Waals surface area contributed by atoms with E-state index >= 15 is 0 Å². The van der Waals surface area contributed by atoms with Gasteiger partial charge in [0, 0.05) is 10.5 Å². The summed E-state index contributed by atoms with van der Waals surface area (Å²) in [6.45, 7) is -0.951. The third-order valence-electron chi connectivity index (χ3n) is 3.12. The molecule has 0 heterocycles. The van der Waals surface area contributed by atoms with Crippen LogP contribution >= 0.6 is 0 Å². The van der Waals surface area contributed by atoms with Gasteiger partial charge in [-0.15, -0.1) is 0 Å². The third-order valence-corrected chi connectivity index (χ3v) is 3.12. The number of nitrogens with zero attached hydrogens (tertiary/aromatic N) is 1. The Morgan fingerprint density at radius 2 is 1.95 bits per heavy atom. The van der Waals surface area contributed by atoms with Crippen LogP contribution in [0.4, 0.5) is 0 Å². The van der Waals surface area contributed by atoms with E-state index in [-0.39, 0.29) is 5.56 Å². The normalized spacial score (nSPS) is 13.7. The van der Waals surface area contributed by atoms with Gasteiger partial charge >= 0.3 is 5.97 Å². The second-order valence-corrected chi connectivity index (χ2v) is 4.37. The van der Waals surface area contributed by atoms with Crippen molar-refractivity contribution < 1.29 is 19.6 Å². The van der Waals surface area contributed by atoms with Crippen molar-refractivity contribution in [3.05, 3.63) is 58.1 Å². The van der Waals surface area contributed by atoms with Crippen LogP contribution in [-0.2, 0) is 15.1 Å². The number of rotatable bonds is 4. The maximum atomic E-state index is 11.8. The van der Waals surface area contributed by atoms with Crippen molar-refractivity contribution in [1.29, 1.82) is 0 Å². The smallest absolute Gasteiger partial charge is 0.349 e. The number of esters is 1. The highest BCUT2D eigenvalue weighted by Gasteiger charge is 2.45. The topological polar surface area (TPSA) is 89.7 Å². The van der Waals surface area contributed by atoms with E-state index in [9.17, 15) is 20.0 Å². The van der Waals surface area contributed by atoms with Gasteiger partial charge in [0.2, 0.25) is 6.54 Å². The standard InChI is InChI=1S/C14H13NO5/c1-20-13(16)14(17,9-15(18)19)12-8-4-6-10-5-2-3-7-11(10)12/h2-8,17H,9H2,1H3. The summed E-state index contributed by atoms with van der Waals surface area (Å²) in [7, 11) is 1.08. The molecule has 0 saturated carbocycles. The Kier molecular flexibility index (Phi) is 3.67. The highest BCUT2D eigenvalue weighted by Crippen LogP contribution is 2.30. The Balaban J connectivity index is 2.68. The van der Waals surface area contributed by atoms with Crippen LogP contribution in [0.15, 0.2) is 42.5 Å². The predicted octanol–water partition coefficient (Wildman–Crippen LogP) is 1.48. The molecule has 1 unspecified atom stereocenters. The molecule has 6 heteroatoms. The number of nitro groups is 1. The molecule has 0 saturated heterocycles. The van der Waals surface area contributed by atoms with Gasteiger partial charge in [-0.25, -0.2) is 4.79 Å². The van der Waals surface area contributed by atoms with E-state index in [0.717, 1.165) is 12.5 Å². The summed E-state index contributed by atoms with van der Waals surface area (Å²) < 4.78 is 4.53. The van der Waals surface area contributed by atoms with Gasteiger partial charge in [-0.1, -0.05) is 42.5 Å². The van der Waals surface area contributed by atoms with Gasteiger partial charge in [0.1, 0.15) is 0 Å². The molecule has 0 aliphatic rings. The van der Waals surface area contributed by atoms with Crippen LogP contribution in [0.3, 0.4) is 0 Å². The maximum absolute atomic E-state index is 11.8. The number of carbonyl (C=O) groups is 1. The first-order valence-corrected chi connectivity index (χ1v) is 5.90. The molecule has 0 radical (unpaired) electrons. The summed E-state index contributed by atoms with van der Waals surface area (Å²) in [4.78, 5) is 21.9. The van der Waals surface area contributed by atoms with Crippen molar-refractivity contribution in [3.63, 3.8) is 0 Å². The molecule has 0 bridgehead atoms. The molecular formula is C14H13NO5. The fourth-order valence-electron chi connectivity index (χ4n) is 2.20. The average molecular weight is 275 g/mol. The Morgan fingerprint density at radius 1 is 1.30 bits per heavy atom. The molecule has 0 aliphatic heterocycles. The fraction of sp³-hybridized carbons (Fsp3) is 0.214. The summed E-state index contributed by atoms with van der Waals surface area (Å²) in [5.74, 6) is -1.05. The average Bonchev–Trinajstić information content (AvgIpc) is 2.44. The molecule has 2 aromatic rings. The molecule has 104 valence electrons. The lowest BCUT2D eigenvalue weighted by atomic mass is 9.89. The number of fused-ring (bicyclic) bond motifs is 1. The van der Waals surface area contributed by atoms with E-state index in [2.05, 4.69) is 4.74 Å². The Bertz CT molecular complexity index is 664. The minimum atomic E-state index is -2.31. The SMILES string of the molecule is COC(=O)C(O)(C[N+](=O)[O-])c1cccc2ccccc12. The molecule has 2 aromatic carbocycles. The van der Waals surface area contributed by atoms with E-state index in [0.29, 0.717) is 5.39 Å². The molecular weight excluding hydrogens is 262 g/mol. The van der Waals surface area contributed by atoms with Crippen molar-refractivity contribution >= 4 is 16.7 Å². The zero-order valence-corrected chi connectivity index (χ0v) is 10.8. The summed E-state index contributed by atoms with van der Waals surface area (Å²) >= 11 is 0. The van der Waals surface area contributed by atoms with Crippen molar-refractivity contribution in [1.82, 2.24) is 0 Å². The molecule has 0 aliphatic carbocycles. The van der Waals surface area contributed by atoms with E-state index < -0.39 is 23.0 Å². The first-order chi connectivity index (χ1) is 9.49. The largest absolute Gasteiger partial charge is 0.466 e. The quantitative estimate of drug-likeness (QED) is 0.518. The molecule has 0 amide bonds. The van der Waals surface area contributed by atoms with Crippen LogP contribution < -0.4 is 0 Å². The van der Waals surface area contributed by atoms with Gasteiger partial charge in [0.05, 0.1) is 7.11 Å². The number of methoxy groups -OCH3 is 1. The highest BCUT2D eigenvalue weighted by molar-refractivity contribution is 5.92. The molecule has 20 heavy (non-hydrogen) atoms.